The zero-order valence-electron chi connectivity index (χ0n) is 25.5. The van der Waals surface area contributed by atoms with Crippen molar-refractivity contribution < 1.29 is 14.3 Å². The van der Waals surface area contributed by atoms with Crippen molar-refractivity contribution >= 4 is 46.8 Å². The molecule has 0 saturated heterocycles. The third-order valence-corrected chi connectivity index (χ3v) is 8.15. The molecular formula is C34H39N5O3S. The van der Waals surface area contributed by atoms with E-state index in [1.807, 2.05) is 87.7 Å². The Morgan fingerprint density at radius 2 is 1.84 bits per heavy atom. The molecule has 8 nitrogen and oxygen atoms in total. The lowest BCUT2D eigenvalue weighted by Gasteiger charge is -2.19. The molecule has 1 amide bonds. The summed E-state index contributed by atoms with van der Waals surface area (Å²) < 4.78 is 7.00. The lowest BCUT2D eigenvalue weighted by molar-refractivity contribution is 0.0522. The van der Waals surface area contributed by atoms with Crippen LogP contribution in [-0.2, 0) is 11.3 Å². The fourth-order valence-corrected chi connectivity index (χ4v) is 5.59. The molecular weight excluding hydrogens is 558 g/mol. The van der Waals surface area contributed by atoms with E-state index in [4.69, 9.17) is 4.74 Å². The third kappa shape index (κ3) is 7.91. The molecule has 1 aliphatic rings. The molecule has 0 radical (unpaired) electrons. The van der Waals surface area contributed by atoms with Crippen molar-refractivity contribution in [2.75, 3.05) is 13.1 Å². The predicted octanol–water partition coefficient (Wildman–Crippen LogP) is 7.27. The predicted molar refractivity (Wildman–Crippen MR) is 172 cm³/mol. The zero-order chi connectivity index (χ0) is 30.6. The van der Waals surface area contributed by atoms with Crippen LogP contribution >= 0.6 is 11.8 Å². The highest BCUT2D eigenvalue weighted by Gasteiger charge is 2.25. The van der Waals surface area contributed by atoms with E-state index < -0.39 is 11.7 Å². The van der Waals surface area contributed by atoms with Gasteiger partial charge in [-0.1, -0.05) is 43.8 Å². The second-order valence-corrected chi connectivity index (χ2v) is 12.8. The van der Waals surface area contributed by atoms with Crippen molar-refractivity contribution in [1.29, 1.82) is 0 Å². The molecule has 43 heavy (non-hydrogen) atoms. The SMILES string of the molecule is CCN(CC)Cc1ccc(/C=C/c2nn(C(=O)OC(C)(C)C)c3cc(Sc4ccccc4C(=O)NC4CC4)ccc23)nc1. The Hall–Kier alpha value is -3.95. The molecule has 1 aliphatic carbocycles. The number of rotatable bonds is 10. The van der Waals surface area contributed by atoms with E-state index in [2.05, 4.69) is 40.2 Å². The smallest absolute Gasteiger partial charge is 0.435 e. The van der Waals surface area contributed by atoms with Crippen molar-refractivity contribution in [3.8, 4) is 0 Å². The average molecular weight is 598 g/mol. The second-order valence-electron chi connectivity index (χ2n) is 11.7. The van der Waals surface area contributed by atoms with Gasteiger partial charge in [0.15, 0.2) is 0 Å². The number of fused-ring (bicyclic) bond motifs is 1. The summed E-state index contributed by atoms with van der Waals surface area (Å²) in [5.41, 5.74) is 3.19. The molecule has 2 aromatic carbocycles. The topological polar surface area (TPSA) is 89.4 Å². The maximum Gasteiger partial charge on any atom is 0.435 e. The summed E-state index contributed by atoms with van der Waals surface area (Å²) in [7, 11) is 0. The normalized spacial score (nSPS) is 13.6. The first-order chi connectivity index (χ1) is 20.6. The number of nitrogens with zero attached hydrogens (tertiary/aromatic N) is 4. The number of aromatic nitrogens is 3. The Bertz CT molecular complexity index is 1630. The van der Waals surface area contributed by atoms with Crippen molar-refractivity contribution in [2.45, 2.75) is 75.4 Å². The van der Waals surface area contributed by atoms with E-state index >= 15 is 0 Å². The van der Waals surface area contributed by atoms with E-state index in [0.717, 1.165) is 58.9 Å². The molecule has 4 aromatic rings. The van der Waals surface area contributed by atoms with Crippen molar-refractivity contribution in [3.05, 3.63) is 83.3 Å². The summed E-state index contributed by atoms with van der Waals surface area (Å²) in [6, 6.07) is 17.8. The van der Waals surface area contributed by atoms with Gasteiger partial charge in [0.1, 0.15) is 5.60 Å². The molecule has 2 aromatic heterocycles. The van der Waals surface area contributed by atoms with Crippen LogP contribution < -0.4 is 5.32 Å². The van der Waals surface area contributed by atoms with Gasteiger partial charge in [0, 0.05) is 34.0 Å². The Kier molecular flexibility index (Phi) is 9.32. The average Bonchev–Trinajstić information content (AvgIpc) is 3.72. The molecule has 0 aliphatic heterocycles. The molecule has 0 spiro atoms. The second kappa shape index (κ2) is 13.1. The van der Waals surface area contributed by atoms with Crippen LogP contribution in [0.25, 0.3) is 23.1 Å². The minimum absolute atomic E-state index is 0.0624. The van der Waals surface area contributed by atoms with Crippen molar-refractivity contribution in [3.63, 3.8) is 0 Å². The van der Waals surface area contributed by atoms with Gasteiger partial charge >= 0.3 is 6.09 Å². The number of hydrogen-bond donors (Lipinski definition) is 1. The summed E-state index contributed by atoms with van der Waals surface area (Å²) in [5, 5.41) is 8.53. The van der Waals surface area contributed by atoms with Crippen molar-refractivity contribution in [1.82, 2.24) is 25.0 Å². The molecule has 224 valence electrons. The molecule has 1 saturated carbocycles. The first-order valence-electron chi connectivity index (χ1n) is 14.8. The maximum absolute atomic E-state index is 13.2. The van der Waals surface area contributed by atoms with Gasteiger partial charge in [0.25, 0.3) is 5.91 Å². The van der Waals surface area contributed by atoms with Crippen LogP contribution in [0.15, 0.2) is 70.6 Å². The molecule has 0 unspecified atom stereocenters. The number of carbonyl (C=O) groups excluding carboxylic acids is 2. The number of ether oxygens (including phenoxy) is 1. The first-order valence-corrected chi connectivity index (χ1v) is 15.6. The quantitative estimate of drug-likeness (QED) is 0.206. The van der Waals surface area contributed by atoms with E-state index in [1.165, 1.54) is 16.4 Å². The molecule has 5 rings (SSSR count). The van der Waals surface area contributed by atoms with Crippen LogP contribution in [0.3, 0.4) is 0 Å². The monoisotopic (exact) mass is 597 g/mol. The van der Waals surface area contributed by atoms with E-state index in [0.29, 0.717) is 16.8 Å². The Labute approximate surface area is 257 Å². The van der Waals surface area contributed by atoms with Crippen LogP contribution in [0, 0.1) is 0 Å². The fourth-order valence-electron chi connectivity index (χ4n) is 4.61. The maximum atomic E-state index is 13.2. The Morgan fingerprint density at radius 1 is 1.07 bits per heavy atom. The van der Waals surface area contributed by atoms with Gasteiger partial charge in [-0.15, -0.1) is 0 Å². The highest BCUT2D eigenvalue weighted by Crippen LogP contribution is 2.34. The highest BCUT2D eigenvalue weighted by atomic mass is 32.2. The van der Waals surface area contributed by atoms with Crippen LogP contribution in [0.1, 0.15) is 74.8 Å². The number of amides is 1. The number of benzene rings is 2. The summed E-state index contributed by atoms with van der Waals surface area (Å²) in [4.78, 5) is 34.8. The van der Waals surface area contributed by atoms with Gasteiger partial charge in [0.05, 0.1) is 22.5 Å². The van der Waals surface area contributed by atoms with Crippen LogP contribution in [0.5, 0.6) is 0 Å². The van der Waals surface area contributed by atoms with Gasteiger partial charge < -0.3 is 10.1 Å². The van der Waals surface area contributed by atoms with Crippen molar-refractivity contribution in [2.24, 2.45) is 0 Å². The van der Waals surface area contributed by atoms with Crippen LogP contribution in [-0.4, -0.2) is 56.4 Å². The van der Waals surface area contributed by atoms with Gasteiger partial charge in [-0.2, -0.15) is 9.78 Å². The molecule has 0 bridgehead atoms. The largest absolute Gasteiger partial charge is 0.442 e. The van der Waals surface area contributed by atoms with Gasteiger partial charge in [-0.25, -0.2) is 4.79 Å². The minimum atomic E-state index is -0.678. The van der Waals surface area contributed by atoms with E-state index in [9.17, 15) is 9.59 Å². The highest BCUT2D eigenvalue weighted by molar-refractivity contribution is 7.99. The minimum Gasteiger partial charge on any atom is -0.442 e. The molecule has 0 atom stereocenters. The summed E-state index contributed by atoms with van der Waals surface area (Å²) >= 11 is 1.48. The lowest BCUT2D eigenvalue weighted by atomic mass is 10.2. The number of pyridine rings is 1. The summed E-state index contributed by atoms with van der Waals surface area (Å²) in [5.74, 6) is -0.0624. The lowest BCUT2D eigenvalue weighted by Crippen LogP contribution is -2.27. The third-order valence-electron chi connectivity index (χ3n) is 7.08. The summed E-state index contributed by atoms with van der Waals surface area (Å²) in [6.45, 7) is 12.7. The van der Waals surface area contributed by atoms with E-state index in [1.54, 1.807) is 0 Å². The standard InChI is InChI=1S/C34H39N5O3S/c1-6-38(7-2)22-23-12-13-24(35-21-23)16-19-29-27-18-17-26(20-30(27)39(37-29)33(41)42-34(3,4)5)43-31-11-9-8-10-28(31)32(40)36-25-14-15-25/h8-13,16-21,25H,6-7,14-15,22H2,1-5H3,(H,36,40)/b19-16+. The van der Waals surface area contributed by atoms with Gasteiger partial charge in [-0.05, 0) is 101 Å². The van der Waals surface area contributed by atoms with Crippen LogP contribution in [0.4, 0.5) is 4.79 Å². The molecule has 9 heteroatoms. The summed E-state index contributed by atoms with van der Waals surface area (Å²) in [6.07, 6.45) is 7.19. The number of hydrogen-bond acceptors (Lipinski definition) is 7. The number of nitrogens with one attached hydrogen (secondary N) is 1. The Balaban J connectivity index is 1.44. The number of carbonyl (C=O) groups is 2. The Morgan fingerprint density at radius 3 is 2.51 bits per heavy atom. The zero-order valence-corrected chi connectivity index (χ0v) is 26.3. The van der Waals surface area contributed by atoms with Gasteiger partial charge in [-0.3, -0.25) is 14.7 Å². The van der Waals surface area contributed by atoms with Gasteiger partial charge in [0.2, 0.25) is 0 Å². The fraction of sp³-hybridized carbons (Fsp3) is 0.353. The van der Waals surface area contributed by atoms with Crippen LogP contribution in [0.2, 0.25) is 0 Å². The molecule has 2 heterocycles. The first kappa shape index (κ1) is 30.5. The molecule has 1 N–H and O–H groups in total. The molecule has 1 fully saturated rings. The van der Waals surface area contributed by atoms with E-state index in [-0.39, 0.29) is 11.9 Å².